The lowest BCUT2D eigenvalue weighted by molar-refractivity contribution is 0.0695. The van der Waals surface area contributed by atoms with Gasteiger partial charge in [-0.15, -0.1) is 0 Å². The molecule has 0 unspecified atom stereocenters. The minimum absolute atomic E-state index is 0.223. The Morgan fingerprint density at radius 1 is 1.30 bits per heavy atom. The number of pyridine rings is 2. The second kappa shape index (κ2) is 6.54. The number of fused-ring (bicyclic) bond motifs is 2. The van der Waals surface area contributed by atoms with Crippen molar-refractivity contribution >= 4 is 22.7 Å². The highest BCUT2D eigenvalue weighted by molar-refractivity contribution is 5.92. The van der Waals surface area contributed by atoms with Crippen molar-refractivity contribution in [3.8, 4) is 0 Å². The third-order valence-corrected chi connectivity index (χ3v) is 5.45. The first-order valence-corrected chi connectivity index (χ1v) is 9.05. The molecule has 6 nitrogen and oxygen atoms in total. The normalized spacial score (nSPS) is 13.7. The monoisotopic (exact) mass is 363 g/mol. The summed E-state index contributed by atoms with van der Waals surface area (Å²) in [5, 5.41) is 9.70. The smallest absolute Gasteiger partial charge is 0.341 e. The van der Waals surface area contributed by atoms with Crippen molar-refractivity contribution in [3.05, 3.63) is 69.6 Å². The van der Waals surface area contributed by atoms with E-state index in [-0.39, 0.29) is 11.6 Å². The van der Waals surface area contributed by atoms with Crippen molar-refractivity contribution < 1.29 is 9.90 Å². The zero-order valence-corrected chi connectivity index (χ0v) is 15.3. The van der Waals surface area contributed by atoms with Gasteiger partial charge in [0.15, 0.2) is 0 Å². The lowest BCUT2D eigenvalue weighted by Gasteiger charge is -2.26. The Kier molecular flexibility index (Phi) is 4.18. The first-order chi connectivity index (χ1) is 13.0. The highest BCUT2D eigenvalue weighted by atomic mass is 16.4. The Labute approximate surface area is 156 Å². The molecule has 138 valence electrons. The zero-order valence-electron chi connectivity index (χ0n) is 15.3. The second-order valence-corrected chi connectivity index (χ2v) is 6.97. The van der Waals surface area contributed by atoms with Crippen molar-refractivity contribution in [2.75, 3.05) is 11.9 Å². The van der Waals surface area contributed by atoms with Gasteiger partial charge in [0.1, 0.15) is 11.2 Å². The van der Waals surface area contributed by atoms with Gasteiger partial charge in [0, 0.05) is 25.8 Å². The molecule has 0 aliphatic heterocycles. The van der Waals surface area contributed by atoms with Crippen LogP contribution in [0.5, 0.6) is 0 Å². The molecule has 0 amide bonds. The molecule has 1 N–H and O–H groups in total. The summed E-state index contributed by atoms with van der Waals surface area (Å²) in [5.74, 6) is -1.21. The van der Waals surface area contributed by atoms with Gasteiger partial charge in [0.05, 0.1) is 17.3 Å². The van der Waals surface area contributed by atoms with Gasteiger partial charge in [-0.05, 0) is 37.0 Å². The molecule has 0 saturated heterocycles. The lowest BCUT2D eigenvalue weighted by atomic mass is 10.1. The molecular weight excluding hydrogens is 342 g/mol. The van der Waals surface area contributed by atoms with E-state index in [9.17, 15) is 14.7 Å². The van der Waals surface area contributed by atoms with Crippen LogP contribution in [-0.2, 0) is 19.4 Å². The molecular formula is C21H21N3O3. The minimum Gasteiger partial charge on any atom is -0.477 e. The molecule has 2 heterocycles. The number of carboxylic acid groups (broad SMARTS) is 1. The van der Waals surface area contributed by atoms with Crippen molar-refractivity contribution in [1.29, 1.82) is 0 Å². The number of hydrogen-bond acceptors (Lipinski definition) is 4. The largest absolute Gasteiger partial charge is 0.477 e. The number of rotatable bonds is 4. The van der Waals surface area contributed by atoms with Crippen LogP contribution in [0.1, 0.15) is 28.4 Å². The number of nitrogens with zero attached hydrogens (tertiary/aromatic N) is 3. The molecule has 1 aromatic carbocycles. The first-order valence-electron chi connectivity index (χ1n) is 9.05. The fourth-order valence-electron chi connectivity index (χ4n) is 3.87. The van der Waals surface area contributed by atoms with Crippen LogP contribution < -0.4 is 10.3 Å². The molecule has 0 atom stereocenters. The summed E-state index contributed by atoms with van der Waals surface area (Å²) in [6.07, 6.45) is 5.02. The number of likely N-dealkylation sites (N-methyl/N-ethyl adjacent to an activating group) is 1. The van der Waals surface area contributed by atoms with E-state index in [1.54, 1.807) is 16.8 Å². The summed E-state index contributed by atoms with van der Waals surface area (Å²) in [7, 11) is 2.00. The van der Waals surface area contributed by atoms with Gasteiger partial charge in [-0.1, -0.05) is 24.3 Å². The standard InChI is InChI=1S/C21H21N3O3/c1-3-24-12-18(21(26)27)19(25)17-10-16(11-22-20(17)24)23(2)15-8-13-6-4-5-7-14(13)9-15/h4-7,10-12,15H,3,8-9H2,1-2H3,(H,26,27). The topological polar surface area (TPSA) is 75.4 Å². The Balaban J connectivity index is 1.76. The maximum absolute atomic E-state index is 12.7. The number of carbonyl (C=O) groups is 1. The second-order valence-electron chi connectivity index (χ2n) is 6.97. The van der Waals surface area contributed by atoms with Crippen molar-refractivity contribution in [1.82, 2.24) is 9.55 Å². The van der Waals surface area contributed by atoms with E-state index in [1.165, 1.54) is 17.3 Å². The zero-order chi connectivity index (χ0) is 19.1. The van der Waals surface area contributed by atoms with Crippen LogP contribution >= 0.6 is 0 Å². The van der Waals surface area contributed by atoms with Gasteiger partial charge in [-0.3, -0.25) is 4.79 Å². The Hall–Kier alpha value is -3.15. The molecule has 0 spiro atoms. The van der Waals surface area contributed by atoms with Crippen LogP contribution in [0.25, 0.3) is 11.0 Å². The summed E-state index contributed by atoms with van der Waals surface area (Å²) in [5.41, 5.74) is 3.33. The van der Waals surface area contributed by atoms with Crippen LogP contribution in [0, 0.1) is 0 Å². The first kappa shape index (κ1) is 17.3. The van der Waals surface area contributed by atoms with Crippen molar-refractivity contribution in [2.24, 2.45) is 0 Å². The van der Waals surface area contributed by atoms with Gasteiger partial charge >= 0.3 is 5.97 Å². The summed E-state index contributed by atoms with van der Waals surface area (Å²) in [4.78, 5) is 30.7. The lowest BCUT2D eigenvalue weighted by Crippen LogP contribution is -2.32. The molecule has 0 radical (unpaired) electrons. The average molecular weight is 363 g/mol. The van der Waals surface area contributed by atoms with Gasteiger partial charge in [-0.2, -0.15) is 0 Å². The number of carboxylic acids is 1. The summed E-state index contributed by atoms with van der Waals surface area (Å²) in [6, 6.07) is 10.5. The molecule has 1 aliphatic carbocycles. The molecule has 0 fully saturated rings. The van der Waals surface area contributed by atoms with Gasteiger partial charge in [-0.25, -0.2) is 9.78 Å². The van der Waals surface area contributed by atoms with Crippen LogP contribution in [0.2, 0.25) is 0 Å². The van der Waals surface area contributed by atoms with Crippen LogP contribution in [-0.4, -0.2) is 33.7 Å². The quantitative estimate of drug-likeness (QED) is 0.771. The SMILES string of the molecule is CCn1cc(C(=O)O)c(=O)c2cc(N(C)C3Cc4ccccc4C3)cnc21. The predicted molar refractivity (Wildman–Crippen MR) is 105 cm³/mol. The third-order valence-electron chi connectivity index (χ3n) is 5.45. The van der Waals surface area contributed by atoms with Gasteiger partial charge in [0.2, 0.25) is 5.43 Å². The summed E-state index contributed by atoms with van der Waals surface area (Å²) in [6.45, 7) is 2.43. The number of anilines is 1. The fraction of sp³-hybridized carbons (Fsp3) is 0.286. The third kappa shape index (κ3) is 2.87. The molecule has 2 aromatic heterocycles. The molecule has 4 rings (SSSR count). The molecule has 0 bridgehead atoms. The van der Waals surface area contributed by atoms with E-state index in [0.717, 1.165) is 18.5 Å². The number of hydrogen-bond donors (Lipinski definition) is 1. The number of aryl methyl sites for hydroxylation is 1. The number of aromatic carboxylic acids is 1. The van der Waals surface area contributed by atoms with E-state index in [0.29, 0.717) is 17.6 Å². The molecule has 3 aromatic rings. The number of aromatic nitrogens is 2. The van der Waals surface area contributed by atoms with E-state index in [1.807, 2.05) is 14.0 Å². The van der Waals surface area contributed by atoms with Crippen molar-refractivity contribution in [3.63, 3.8) is 0 Å². The van der Waals surface area contributed by atoms with E-state index < -0.39 is 11.4 Å². The molecule has 27 heavy (non-hydrogen) atoms. The maximum atomic E-state index is 12.7. The molecule has 1 aliphatic rings. The van der Waals surface area contributed by atoms with Gasteiger partial charge < -0.3 is 14.6 Å². The Morgan fingerprint density at radius 3 is 2.56 bits per heavy atom. The minimum atomic E-state index is -1.21. The fourth-order valence-corrected chi connectivity index (χ4v) is 3.87. The van der Waals surface area contributed by atoms with Crippen LogP contribution in [0.4, 0.5) is 5.69 Å². The van der Waals surface area contributed by atoms with Crippen LogP contribution in [0.3, 0.4) is 0 Å². The van der Waals surface area contributed by atoms with Crippen molar-refractivity contribution in [2.45, 2.75) is 32.4 Å². The van der Waals surface area contributed by atoms with E-state index in [2.05, 4.69) is 34.1 Å². The predicted octanol–water partition coefficient (Wildman–Crippen LogP) is 2.72. The highest BCUT2D eigenvalue weighted by Gasteiger charge is 2.25. The number of benzene rings is 1. The highest BCUT2D eigenvalue weighted by Crippen LogP contribution is 2.28. The Bertz CT molecular complexity index is 1080. The molecule has 6 heteroatoms. The molecule has 0 saturated carbocycles. The average Bonchev–Trinajstić information content (AvgIpc) is 3.11. The van der Waals surface area contributed by atoms with Gasteiger partial charge in [0.25, 0.3) is 0 Å². The van der Waals surface area contributed by atoms with E-state index >= 15 is 0 Å². The summed E-state index contributed by atoms with van der Waals surface area (Å²) < 4.78 is 1.70. The van der Waals surface area contributed by atoms with E-state index in [4.69, 9.17) is 0 Å². The maximum Gasteiger partial charge on any atom is 0.341 e. The Morgan fingerprint density at radius 2 is 1.96 bits per heavy atom. The summed E-state index contributed by atoms with van der Waals surface area (Å²) >= 11 is 0. The van der Waals surface area contributed by atoms with Crippen LogP contribution in [0.15, 0.2) is 47.5 Å².